The molecule has 11 heteroatoms. The van der Waals surface area contributed by atoms with Crippen molar-refractivity contribution in [2.75, 3.05) is 13.7 Å². The lowest BCUT2D eigenvalue weighted by Gasteiger charge is -2.14. The molecule has 2 aromatic carbocycles. The third-order valence-corrected chi connectivity index (χ3v) is 4.49. The predicted octanol–water partition coefficient (Wildman–Crippen LogP) is 4.59. The predicted molar refractivity (Wildman–Crippen MR) is 122 cm³/mol. The highest BCUT2D eigenvalue weighted by Crippen LogP contribution is 2.38. The molecule has 0 aliphatic heterocycles. The van der Waals surface area contributed by atoms with E-state index >= 15 is 0 Å². The van der Waals surface area contributed by atoms with E-state index in [1.165, 1.54) is 24.1 Å². The van der Waals surface area contributed by atoms with Crippen LogP contribution < -0.4 is 14.2 Å². The summed E-state index contributed by atoms with van der Waals surface area (Å²) in [5, 5.41) is 23.0. The summed E-state index contributed by atoms with van der Waals surface area (Å²) in [5.74, 6) is 1.37. The zero-order valence-corrected chi connectivity index (χ0v) is 18.9. The van der Waals surface area contributed by atoms with Crippen molar-refractivity contribution < 1.29 is 19.1 Å². The van der Waals surface area contributed by atoms with Gasteiger partial charge in [-0.05, 0) is 51.2 Å². The Kier molecular flexibility index (Phi) is 7.21. The van der Waals surface area contributed by atoms with Crippen LogP contribution >= 0.6 is 12.2 Å². The van der Waals surface area contributed by atoms with Gasteiger partial charge in [0.1, 0.15) is 5.75 Å². The lowest BCUT2D eigenvalue weighted by molar-refractivity contribution is -0.386. The summed E-state index contributed by atoms with van der Waals surface area (Å²) >= 11 is 5.32. The number of ether oxygens (including phenoxy) is 3. The van der Waals surface area contributed by atoms with Gasteiger partial charge in [0.05, 0.1) is 36.5 Å². The van der Waals surface area contributed by atoms with Gasteiger partial charge in [0.15, 0.2) is 11.6 Å². The Balaban J connectivity index is 2.06. The summed E-state index contributed by atoms with van der Waals surface area (Å²) in [6, 6.07) is 10.3. The standard InChI is InChI=1S/C21H23N5O5S/c1-5-30-17-9-7-6-8-15(17)20-23-24-21(32)25(20)22-12-14-10-16(26(27)28)19(31-13(2)3)18(11-14)29-4/h6-13H,5H2,1-4H3,(H,24,32)/b22-12-. The number of benzene rings is 2. The Hall–Kier alpha value is -3.73. The molecule has 32 heavy (non-hydrogen) atoms. The molecule has 0 aliphatic rings. The second-order valence-corrected chi connectivity index (χ2v) is 7.22. The van der Waals surface area contributed by atoms with E-state index in [0.29, 0.717) is 29.3 Å². The molecule has 1 aromatic heterocycles. The van der Waals surface area contributed by atoms with Crippen LogP contribution in [0.4, 0.5) is 5.69 Å². The van der Waals surface area contributed by atoms with E-state index in [1.54, 1.807) is 19.9 Å². The summed E-state index contributed by atoms with van der Waals surface area (Å²) in [7, 11) is 1.42. The van der Waals surface area contributed by atoms with E-state index < -0.39 is 4.92 Å². The molecular weight excluding hydrogens is 434 g/mol. The quantitative estimate of drug-likeness (QED) is 0.216. The summed E-state index contributed by atoms with van der Waals surface area (Å²) < 4.78 is 18.3. The number of H-pyrrole nitrogens is 1. The number of nitrogens with zero attached hydrogens (tertiary/aromatic N) is 4. The van der Waals surface area contributed by atoms with Crippen LogP contribution in [0.15, 0.2) is 41.5 Å². The van der Waals surface area contributed by atoms with Crippen LogP contribution in [0.2, 0.25) is 0 Å². The number of nitrogens with one attached hydrogen (secondary N) is 1. The molecule has 1 N–H and O–H groups in total. The lowest BCUT2D eigenvalue weighted by atomic mass is 10.2. The molecule has 0 radical (unpaired) electrons. The van der Waals surface area contributed by atoms with E-state index in [1.807, 2.05) is 31.2 Å². The number of nitro groups is 1. The number of nitro benzene ring substituents is 1. The van der Waals surface area contributed by atoms with E-state index in [-0.39, 0.29) is 28.1 Å². The Morgan fingerprint density at radius 1 is 1.31 bits per heavy atom. The molecule has 1 heterocycles. The molecule has 0 amide bonds. The van der Waals surface area contributed by atoms with E-state index in [0.717, 1.165) is 0 Å². The van der Waals surface area contributed by atoms with Gasteiger partial charge in [-0.1, -0.05) is 12.1 Å². The first-order valence-electron chi connectivity index (χ1n) is 9.82. The number of para-hydroxylation sites is 1. The van der Waals surface area contributed by atoms with Gasteiger partial charge in [0.2, 0.25) is 10.5 Å². The maximum absolute atomic E-state index is 11.6. The van der Waals surface area contributed by atoms with Gasteiger partial charge in [-0.2, -0.15) is 14.9 Å². The molecule has 0 aliphatic carbocycles. The van der Waals surface area contributed by atoms with Gasteiger partial charge in [0.25, 0.3) is 0 Å². The fourth-order valence-corrected chi connectivity index (χ4v) is 3.13. The highest BCUT2D eigenvalue weighted by molar-refractivity contribution is 7.71. The maximum atomic E-state index is 11.6. The molecule has 0 saturated carbocycles. The van der Waals surface area contributed by atoms with Crippen LogP contribution in [0, 0.1) is 14.9 Å². The number of aromatic amines is 1. The molecule has 168 valence electrons. The number of hydrogen-bond acceptors (Lipinski definition) is 8. The van der Waals surface area contributed by atoms with Crippen molar-refractivity contribution in [2.45, 2.75) is 26.9 Å². The van der Waals surface area contributed by atoms with Gasteiger partial charge in [-0.3, -0.25) is 10.1 Å². The first-order valence-corrected chi connectivity index (χ1v) is 10.2. The third kappa shape index (κ3) is 4.94. The minimum absolute atomic E-state index is 0.0657. The Morgan fingerprint density at radius 2 is 2.06 bits per heavy atom. The van der Waals surface area contributed by atoms with Crippen LogP contribution in [0.5, 0.6) is 17.2 Å². The summed E-state index contributed by atoms with van der Waals surface area (Å²) in [6.07, 6.45) is 1.17. The Bertz CT molecular complexity index is 1200. The molecule has 3 aromatic rings. The Morgan fingerprint density at radius 3 is 2.72 bits per heavy atom. The van der Waals surface area contributed by atoms with Crippen LogP contribution in [0.1, 0.15) is 26.3 Å². The van der Waals surface area contributed by atoms with Crippen LogP contribution in [0.25, 0.3) is 11.4 Å². The minimum atomic E-state index is -0.523. The van der Waals surface area contributed by atoms with Gasteiger partial charge < -0.3 is 14.2 Å². The van der Waals surface area contributed by atoms with Crippen LogP contribution in [-0.2, 0) is 0 Å². The van der Waals surface area contributed by atoms with Crippen molar-refractivity contribution in [1.29, 1.82) is 0 Å². The van der Waals surface area contributed by atoms with Crippen molar-refractivity contribution in [3.8, 4) is 28.6 Å². The van der Waals surface area contributed by atoms with Crippen molar-refractivity contribution in [3.63, 3.8) is 0 Å². The number of hydrogen-bond donors (Lipinski definition) is 1. The fourth-order valence-electron chi connectivity index (χ4n) is 2.95. The summed E-state index contributed by atoms with van der Waals surface area (Å²) in [5.41, 5.74) is 0.900. The van der Waals surface area contributed by atoms with Crippen LogP contribution in [-0.4, -0.2) is 45.8 Å². The maximum Gasteiger partial charge on any atom is 0.315 e. The van der Waals surface area contributed by atoms with Crippen molar-refractivity contribution in [2.24, 2.45) is 5.10 Å². The normalized spacial score (nSPS) is 11.2. The zero-order chi connectivity index (χ0) is 23.3. The van der Waals surface area contributed by atoms with Crippen molar-refractivity contribution in [3.05, 3.63) is 56.8 Å². The molecule has 0 saturated heterocycles. The molecular formula is C21H23N5O5S. The van der Waals surface area contributed by atoms with Gasteiger partial charge in [-0.25, -0.2) is 5.10 Å². The van der Waals surface area contributed by atoms with Gasteiger partial charge in [-0.15, -0.1) is 0 Å². The lowest BCUT2D eigenvalue weighted by Crippen LogP contribution is -2.09. The highest BCUT2D eigenvalue weighted by Gasteiger charge is 2.23. The number of rotatable bonds is 9. The Labute approximate surface area is 189 Å². The van der Waals surface area contributed by atoms with E-state index in [2.05, 4.69) is 15.3 Å². The zero-order valence-electron chi connectivity index (χ0n) is 18.1. The van der Waals surface area contributed by atoms with Crippen molar-refractivity contribution >= 4 is 24.1 Å². The topological polar surface area (TPSA) is 117 Å². The average molecular weight is 458 g/mol. The van der Waals surface area contributed by atoms with Gasteiger partial charge in [0, 0.05) is 11.6 Å². The highest BCUT2D eigenvalue weighted by atomic mass is 32.1. The largest absolute Gasteiger partial charge is 0.493 e. The second kappa shape index (κ2) is 10.1. The third-order valence-electron chi connectivity index (χ3n) is 4.23. The molecule has 0 bridgehead atoms. The summed E-state index contributed by atoms with van der Waals surface area (Å²) in [4.78, 5) is 11.1. The summed E-state index contributed by atoms with van der Waals surface area (Å²) in [6.45, 7) is 5.93. The second-order valence-electron chi connectivity index (χ2n) is 6.83. The van der Waals surface area contributed by atoms with E-state index in [9.17, 15) is 10.1 Å². The SMILES string of the molecule is CCOc1ccccc1-c1n[nH]c(=S)n1/N=C\c1cc(OC)c(OC(C)C)c([N+](=O)[O-])c1. The van der Waals surface area contributed by atoms with E-state index in [4.69, 9.17) is 26.4 Å². The first kappa shape index (κ1) is 22.9. The molecule has 0 spiro atoms. The van der Waals surface area contributed by atoms with Crippen LogP contribution in [0.3, 0.4) is 0 Å². The molecule has 3 rings (SSSR count). The monoisotopic (exact) mass is 457 g/mol. The fraction of sp³-hybridized carbons (Fsp3) is 0.286. The molecule has 10 nitrogen and oxygen atoms in total. The minimum Gasteiger partial charge on any atom is -0.493 e. The number of aromatic nitrogens is 3. The average Bonchev–Trinajstić information content (AvgIpc) is 3.13. The van der Waals surface area contributed by atoms with Gasteiger partial charge >= 0.3 is 5.69 Å². The first-order chi connectivity index (χ1) is 15.3. The smallest absolute Gasteiger partial charge is 0.315 e. The number of methoxy groups -OCH3 is 1. The molecule has 0 fully saturated rings. The molecule has 0 atom stereocenters. The van der Waals surface area contributed by atoms with Crippen molar-refractivity contribution in [1.82, 2.24) is 14.9 Å². The molecule has 0 unspecified atom stereocenters.